The van der Waals surface area contributed by atoms with Crippen molar-refractivity contribution < 1.29 is 14.7 Å². The number of halogens is 1. The maximum Gasteiger partial charge on any atom is 0.317 e. The Morgan fingerprint density at radius 2 is 1.91 bits per heavy atom. The molecule has 1 aliphatic rings. The van der Waals surface area contributed by atoms with Gasteiger partial charge in [-0.2, -0.15) is 0 Å². The van der Waals surface area contributed by atoms with E-state index in [1.807, 2.05) is 36.0 Å². The number of urea groups is 1. The summed E-state index contributed by atoms with van der Waals surface area (Å²) in [5, 5.41) is 12.6. The fourth-order valence-electron chi connectivity index (χ4n) is 2.43. The third-order valence-corrected chi connectivity index (χ3v) is 5.29. The van der Waals surface area contributed by atoms with E-state index in [9.17, 15) is 9.59 Å². The van der Waals surface area contributed by atoms with Crippen molar-refractivity contribution in [3.8, 4) is 0 Å². The van der Waals surface area contributed by atoms with Gasteiger partial charge in [0.25, 0.3) is 0 Å². The Balaban J connectivity index is 1.67. The zero-order valence-corrected chi connectivity index (χ0v) is 14.4. The van der Waals surface area contributed by atoms with Crippen molar-refractivity contribution in [2.24, 2.45) is 0 Å². The summed E-state index contributed by atoms with van der Waals surface area (Å²) in [4.78, 5) is 25.4. The number of aliphatic carboxylic acids is 1. The number of rotatable bonds is 6. The Kier molecular flexibility index (Phi) is 7.05. The molecule has 2 amide bonds. The van der Waals surface area contributed by atoms with Crippen LogP contribution in [0.15, 0.2) is 29.2 Å². The number of carbonyl (C=O) groups is 2. The Hall–Kier alpha value is -1.40. The Morgan fingerprint density at radius 3 is 2.52 bits per heavy atom. The molecule has 5 nitrogen and oxygen atoms in total. The smallest absolute Gasteiger partial charge is 0.317 e. The summed E-state index contributed by atoms with van der Waals surface area (Å²) in [5.74, 6) is -0.834. The van der Waals surface area contributed by atoms with Crippen molar-refractivity contribution >= 4 is 35.4 Å². The lowest BCUT2D eigenvalue weighted by atomic mass is 10.1. The molecular formula is C16H21ClN2O3S. The molecule has 1 heterocycles. The van der Waals surface area contributed by atoms with Crippen LogP contribution in [0.4, 0.5) is 4.79 Å². The number of piperidine rings is 1. The number of thioether (sulfide) groups is 1. The molecule has 2 N–H and O–H groups in total. The van der Waals surface area contributed by atoms with Crippen molar-refractivity contribution in [1.82, 2.24) is 10.2 Å². The standard InChI is InChI=1S/C16H21ClN2O3S/c17-12-3-5-13(6-4-12)23-14-7-10-19(11-8-14)16(22)18-9-1-2-15(20)21/h3-6,14H,1-2,7-11H2,(H,18,22)(H,20,21). The molecule has 1 fully saturated rings. The van der Waals surface area contributed by atoms with Crippen LogP contribution in [0.1, 0.15) is 25.7 Å². The molecule has 126 valence electrons. The molecule has 1 aromatic rings. The fraction of sp³-hybridized carbons (Fsp3) is 0.500. The summed E-state index contributed by atoms with van der Waals surface area (Å²) in [7, 11) is 0. The summed E-state index contributed by atoms with van der Waals surface area (Å²) in [6.07, 6.45) is 2.45. The van der Waals surface area contributed by atoms with E-state index >= 15 is 0 Å². The second kappa shape index (κ2) is 9.03. The molecule has 23 heavy (non-hydrogen) atoms. The van der Waals surface area contributed by atoms with Crippen LogP contribution in [0, 0.1) is 0 Å². The van der Waals surface area contributed by atoms with E-state index < -0.39 is 5.97 Å². The number of amides is 2. The molecule has 2 rings (SSSR count). The monoisotopic (exact) mass is 356 g/mol. The van der Waals surface area contributed by atoms with Gasteiger partial charge < -0.3 is 15.3 Å². The van der Waals surface area contributed by atoms with E-state index in [1.165, 1.54) is 4.90 Å². The number of nitrogens with one attached hydrogen (secondary N) is 1. The minimum atomic E-state index is -0.834. The van der Waals surface area contributed by atoms with Crippen LogP contribution >= 0.6 is 23.4 Å². The van der Waals surface area contributed by atoms with Gasteiger partial charge in [-0.1, -0.05) is 11.6 Å². The highest BCUT2D eigenvalue weighted by atomic mass is 35.5. The predicted molar refractivity (Wildman–Crippen MR) is 92.2 cm³/mol. The van der Waals surface area contributed by atoms with Crippen molar-refractivity contribution in [1.29, 1.82) is 0 Å². The maximum atomic E-state index is 12.0. The molecule has 1 aliphatic heterocycles. The van der Waals surface area contributed by atoms with Gasteiger partial charge in [-0.3, -0.25) is 4.79 Å². The van der Waals surface area contributed by atoms with Crippen LogP contribution in [0.3, 0.4) is 0 Å². The molecule has 0 atom stereocenters. The number of carboxylic acids is 1. The number of likely N-dealkylation sites (tertiary alicyclic amines) is 1. The lowest BCUT2D eigenvalue weighted by Gasteiger charge is -2.31. The SMILES string of the molecule is O=C(O)CCCNC(=O)N1CCC(Sc2ccc(Cl)cc2)CC1. The van der Waals surface area contributed by atoms with Gasteiger partial charge in [-0.15, -0.1) is 11.8 Å². The van der Waals surface area contributed by atoms with Crippen molar-refractivity contribution in [3.63, 3.8) is 0 Å². The highest BCUT2D eigenvalue weighted by Gasteiger charge is 2.23. The Labute approximate surface area is 145 Å². The van der Waals surface area contributed by atoms with E-state index in [4.69, 9.17) is 16.7 Å². The van der Waals surface area contributed by atoms with Gasteiger partial charge in [0.05, 0.1) is 0 Å². The third kappa shape index (κ3) is 6.31. The summed E-state index contributed by atoms with van der Waals surface area (Å²) in [6.45, 7) is 1.87. The largest absolute Gasteiger partial charge is 0.481 e. The first-order valence-electron chi connectivity index (χ1n) is 7.71. The fourth-order valence-corrected chi connectivity index (χ4v) is 3.68. The van der Waals surface area contributed by atoms with Gasteiger partial charge in [0.15, 0.2) is 0 Å². The van der Waals surface area contributed by atoms with E-state index in [-0.39, 0.29) is 12.5 Å². The normalized spacial score (nSPS) is 15.4. The molecule has 1 aromatic carbocycles. The molecule has 0 spiro atoms. The zero-order chi connectivity index (χ0) is 16.7. The maximum absolute atomic E-state index is 12.0. The molecule has 0 aromatic heterocycles. The highest BCUT2D eigenvalue weighted by molar-refractivity contribution is 8.00. The number of carbonyl (C=O) groups excluding carboxylic acids is 1. The van der Waals surface area contributed by atoms with Crippen LogP contribution in [0.25, 0.3) is 0 Å². The first-order valence-corrected chi connectivity index (χ1v) is 8.97. The van der Waals surface area contributed by atoms with Gasteiger partial charge in [0.2, 0.25) is 0 Å². The van der Waals surface area contributed by atoms with E-state index in [2.05, 4.69) is 5.32 Å². The van der Waals surface area contributed by atoms with Crippen molar-refractivity contribution in [2.45, 2.75) is 35.8 Å². The van der Waals surface area contributed by atoms with Gasteiger partial charge in [-0.25, -0.2) is 4.79 Å². The first-order chi connectivity index (χ1) is 11.0. The van der Waals surface area contributed by atoms with E-state index in [0.29, 0.717) is 18.2 Å². The lowest BCUT2D eigenvalue weighted by Crippen LogP contribution is -2.45. The molecule has 0 bridgehead atoms. The molecule has 0 saturated carbocycles. The second-order valence-corrected chi connectivity index (χ2v) is 7.30. The highest BCUT2D eigenvalue weighted by Crippen LogP contribution is 2.31. The molecule has 7 heteroatoms. The van der Waals surface area contributed by atoms with E-state index in [1.54, 1.807) is 4.90 Å². The predicted octanol–water partition coefficient (Wildman–Crippen LogP) is 3.47. The minimum absolute atomic E-state index is 0.0834. The molecule has 0 unspecified atom stereocenters. The van der Waals surface area contributed by atoms with Crippen LogP contribution in [-0.2, 0) is 4.79 Å². The van der Waals surface area contributed by atoms with E-state index in [0.717, 1.165) is 31.0 Å². The third-order valence-electron chi connectivity index (χ3n) is 3.69. The summed E-state index contributed by atoms with van der Waals surface area (Å²) in [6, 6.07) is 7.74. The summed E-state index contributed by atoms with van der Waals surface area (Å²) < 4.78 is 0. The summed E-state index contributed by atoms with van der Waals surface area (Å²) >= 11 is 7.71. The topological polar surface area (TPSA) is 69.6 Å². The molecule has 1 saturated heterocycles. The van der Waals surface area contributed by atoms with Crippen LogP contribution in [0.5, 0.6) is 0 Å². The number of hydrogen-bond acceptors (Lipinski definition) is 3. The number of benzene rings is 1. The number of carboxylic acid groups (broad SMARTS) is 1. The molecule has 0 radical (unpaired) electrons. The average Bonchev–Trinajstić information content (AvgIpc) is 2.54. The average molecular weight is 357 g/mol. The minimum Gasteiger partial charge on any atom is -0.481 e. The quantitative estimate of drug-likeness (QED) is 0.766. The van der Waals surface area contributed by atoms with Gasteiger partial charge in [0.1, 0.15) is 0 Å². The zero-order valence-electron chi connectivity index (χ0n) is 12.8. The van der Waals surface area contributed by atoms with Crippen molar-refractivity contribution in [3.05, 3.63) is 29.3 Å². The van der Waals surface area contributed by atoms with Gasteiger partial charge in [-0.05, 0) is 43.5 Å². The Bertz CT molecular complexity index is 531. The van der Waals surface area contributed by atoms with Crippen molar-refractivity contribution in [2.75, 3.05) is 19.6 Å². The first kappa shape index (κ1) is 17.9. The van der Waals surface area contributed by atoms with Gasteiger partial charge in [0, 0.05) is 41.2 Å². The molecule has 0 aliphatic carbocycles. The second-order valence-electron chi connectivity index (χ2n) is 5.49. The number of hydrogen-bond donors (Lipinski definition) is 2. The van der Waals surface area contributed by atoms with Crippen LogP contribution < -0.4 is 5.32 Å². The lowest BCUT2D eigenvalue weighted by molar-refractivity contribution is -0.137. The van der Waals surface area contributed by atoms with Crippen LogP contribution in [0.2, 0.25) is 5.02 Å². The number of nitrogens with zero attached hydrogens (tertiary/aromatic N) is 1. The Morgan fingerprint density at radius 1 is 1.26 bits per heavy atom. The van der Waals surface area contributed by atoms with Crippen LogP contribution in [-0.4, -0.2) is 46.9 Å². The molecular weight excluding hydrogens is 336 g/mol. The summed E-state index contributed by atoms with van der Waals surface area (Å²) in [5.41, 5.74) is 0. The van der Waals surface area contributed by atoms with Gasteiger partial charge >= 0.3 is 12.0 Å².